The number of hydrogen-bond acceptors (Lipinski definition) is 5. The quantitative estimate of drug-likeness (QED) is 0.294. The minimum atomic E-state index is -2.54. The molecule has 2 amide bonds. The number of halogens is 2. The van der Waals surface area contributed by atoms with Crippen molar-refractivity contribution in [1.29, 1.82) is 0 Å². The summed E-state index contributed by atoms with van der Waals surface area (Å²) in [6.07, 6.45) is -0.191. The maximum atomic E-state index is 13.3. The van der Waals surface area contributed by atoms with Gasteiger partial charge in [0, 0.05) is 55.2 Å². The van der Waals surface area contributed by atoms with Crippen LogP contribution < -0.4 is 16.5 Å². The first-order valence-corrected chi connectivity index (χ1v) is 11.0. The number of hydrogen-bond donors (Lipinski definition) is 4. The van der Waals surface area contributed by atoms with E-state index in [9.17, 15) is 18.4 Å². The van der Waals surface area contributed by atoms with Gasteiger partial charge in [0.1, 0.15) is 6.04 Å². The minimum absolute atomic E-state index is 0.0955. The molecule has 1 aliphatic heterocycles. The van der Waals surface area contributed by atoms with E-state index in [-0.39, 0.29) is 12.8 Å². The van der Waals surface area contributed by atoms with Crippen molar-refractivity contribution in [3.05, 3.63) is 70.8 Å². The molecule has 1 aliphatic rings. The molecule has 0 radical (unpaired) electrons. The number of benzene rings is 2. The predicted molar refractivity (Wildman–Crippen MR) is 123 cm³/mol. The number of hydroxylamine groups is 1. The molecule has 180 valence electrons. The third-order valence-electron chi connectivity index (χ3n) is 5.65. The van der Waals surface area contributed by atoms with Crippen LogP contribution in [-0.4, -0.2) is 53.0 Å². The van der Waals surface area contributed by atoms with E-state index in [4.69, 9.17) is 10.9 Å². The van der Waals surface area contributed by atoms with E-state index in [1.807, 2.05) is 29.2 Å². The summed E-state index contributed by atoms with van der Waals surface area (Å²) >= 11 is 0. The summed E-state index contributed by atoms with van der Waals surface area (Å²) in [4.78, 5) is 26.0. The minimum Gasteiger partial charge on any atom is -0.339 e. The Morgan fingerprint density at radius 1 is 1.06 bits per heavy atom. The third-order valence-corrected chi connectivity index (χ3v) is 5.65. The summed E-state index contributed by atoms with van der Waals surface area (Å²) in [6.45, 7) is 2.96. The number of rotatable bonds is 6. The standard InChI is InChI=1S/C25H28F2N4O3/c1-17(28)22(24(33)30-34)29-23(32)21-10-8-19(9-11-21)3-2-18-4-6-20(7-5-18)16-31-14-12-25(26,27)13-15-31/h4-11,17,22,34H,12-16,28H2,1H3,(H,29,32)(H,30,33)/t17-,22?/m1/s1. The van der Waals surface area contributed by atoms with Gasteiger partial charge in [0.15, 0.2) is 0 Å². The van der Waals surface area contributed by atoms with Gasteiger partial charge in [0.2, 0.25) is 0 Å². The fourth-order valence-electron chi connectivity index (χ4n) is 3.57. The highest BCUT2D eigenvalue weighted by Gasteiger charge is 2.33. The van der Waals surface area contributed by atoms with Crippen molar-refractivity contribution >= 4 is 11.8 Å². The average Bonchev–Trinajstić information content (AvgIpc) is 2.83. The van der Waals surface area contributed by atoms with Gasteiger partial charge in [-0.05, 0) is 48.9 Å². The second-order valence-corrected chi connectivity index (χ2v) is 8.44. The number of carbonyl (C=O) groups is 2. The van der Waals surface area contributed by atoms with E-state index >= 15 is 0 Å². The Hall–Kier alpha value is -3.32. The smallest absolute Gasteiger partial charge is 0.267 e. The Balaban J connectivity index is 1.57. The Morgan fingerprint density at radius 2 is 1.59 bits per heavy atom. The number of alkyl halides is 2. The van der Waals surface area contributed by atoms with Gasteiger partial charge >= 0.3 is 0 Å². The summed E-state index contributed by atoms with van der Waals surface area (Å²) in [5.41, 5.74) is 10.1. The van der Waals surface area contributed by atoms with Crippen molar-refractivity contribution in [3.63, 3.8) is 0 Å². The lowest BCUT2D eigenvalue weighted by molar-refractivity contribution is -0.131. The van der Waals surface area contributed by atoms with Crippen molar-refractivity contribution in [3.8, 4) is 11.8 Å². The van der Waals surface area contributed by atoms with Crippen LogP contribution in [-0.2, 0) is 11.3 Å². The molecule has 5 N–H and O–H groups in total. The van der Waals surface area contributed by atoms with Crippen molar-refractivity contribution in [2.24, 2.45) is 5.73 Å². The van der Waals surface area contributed by atoms with Gasteiger partial charge in [-0.15, -0.1) is 0 Å². The van der Waals surface area contributed by atoms with Crippen LogP contribution in [0.5, 0.6) is 0 Å². The van der Waals surface area contributed by atoms with Gasteiger partial charge in [0.25, 0.3) is 17.7 Å². The molecule has 3 rings (SSSR count). The van der Waals surface area contributed by atoms with Crippen LogP contribution in [0.3, 0.4) is 0 Å². The first-order valence-electron chi connectivity index (χ1n) is 11.0. The number of amides is 2. The van der Waals surface area contributed by atoms with Gasteiger partial charge < -0.3 is 11.1 Å². The van der Waals surface area contributed by atoms with Crippen LogP contribution in [0, 0.1) is 11.8 Å². The fraction of sp³-hybridized carbons (Fsp3) is 0.360. The number of nitrogens with one attached hydrogen (secondary N) is 2. The molecular weight excluding hydrogens is 442 g/mol. The predicted octanol–water partition coefficient (Wildman–Crippen LogP) is 2.27. The van der Waals surface area contributed by atoms with Gasteiger partial charge in [0.05, 0.1) is 0 Å². The van der Waals surface area contributed by atoms with Gasteiger partial charge in [-0.2, -0.15) is 0 Å². The zero-order valence-electron chi connectivity index (χ0n) is 18.9. The van der Waals surface area contributed by atoms with E-state index in [1.165, 1.54) is 5.48 Å². The lowest BCUT2D eigenvalue weighted by atomic mass is 10.1. The molecule has 1 saturated heterocycles. The highest BCUT2D eigenvalue weighted by Crippen LogP contribution is 2.28. The van der Waals surface area contributed by atoms with E-state index in [0.29, 0.717) is 30.8 Å². The number of nitrogens with two attached hydrogens (primary N) is 1. The molecule has 1 heterocycles. The summed E-state index contributed by atoms with van der Waals surface area (Å²) in [6, 6.07) is 12.5. The van der Waals surface area contributed by atoms with Crippen molar-refractivity contribution in [2.45, 2.75) is 44.3 Å². The lowest BCUT2D eigenvalue weighted by Crippen LogP contribution is -2.54. The number of piperidine rings is 1. The zero-order valence-corrected chi connectivity index (χ0v) is 18.9. The summed E-state index contributed by atoms with van der Waals surface area (Å²) in [5, 5.41) is 11.3. The molecule has 7 nitrogen and oxygen atoms in total. The van der Waals surface area contributed by atoms with E-state index < -0.39 is 29.8 Å². The van der Waals surface area contributed by atoms with E-state index in [0.717, 1.165) is 11.1 Å². The Kier molecular flexibility index (Phi) is 8.34. The molecule has 1 fully saturated rings. The topological polar surface area (TPSA) is 108 Å². The largest absolute Gasteiger partial charge is 0.339 e. The maximum absolute atomic E-state index is 13.3. The van der Waals surface area contributed by atoms with E-state index in [1.54, 1.807) is 31.2 Å². The molecule has 2 aromatic rings. The SMILES string of the molecule is C[C@@H](N)C(NC(=O)c1ccc(C#Cc2ccc(CN3CCC(F)(F)CC3)cc2)cc1)C(=O)NO. The normalized spacial score (nSPS) is 17.1. The third kappa shape index (κ3) is 7.09. The van der Waals surface area contributed by atoms with Gasteiger partial charge in [-0.1, -0.05) is 24.0 Å². The van der Waals surface area contributed by atoms with Crippen molar-refractivity contribution < 1.29 is 23.6 Å². The van der Waals surface area contributed by atoms with Crippen LogP contribution in [0.25, 0.3) is 0 Å². The lowest BCUT2D eigenvalue weighted by Gasteiger charge is -2.31. The molecule has 0 aliphatic carbocycles. The molecule has 0 spiro atoms. The molecule has 34 heavy (non-hydrogen) atoms. The van der Waals surface area contributed by atoms with Crippen molar-refractivity contribution in [2.75, 3.05) is 13.1 Å². The first kappa shape index (κ1) is 25.3. The summed E-state index contributed by atoms with van der Waals surface area (Å²) in [7, 11) is 0. The van der Waals surface area contributed by atoms with Crippen LogP contribution >= 0.6 is 0 Å². The molecule has 0 saturated carbocycles. The molecule has 0 bridgehead atoms. The van der Waals surface area contributed by atoms with Crippen LogP contribution in [0.2, 0.25) is 0 Å². The first-order chi connectivity index (χ1) is 16.2. The number of nitrogens with zero attached hydrogens (tertiary/aromatic N) is 1. The molecule has 2 aromatic carbocycles. The van der Waals surface area contributed by atoms with Gasteiger partial charge in [-0.25, -0.2) is 14.3 Å². The second-order valence-electron chi connectivity index (χ2n) is 8.44. The molecule has 0 aromatic heterocycles. The van der Waals surface area contributed by atoms with Crippen molar-refractivity contribution in [1.82, 2.24) is 15.7 Å². The Bertz CT molecular complexity index is 1050. The van der Waals surface area contributed by atoms with Crippen LogP contribution in [0.15, 0.2) is 48.5 Å². The molecule has 1 unspecified atom stereocenters. The highest BCUT2D eigenvalue weighted by molar-refractivity contribution is 5.97. The zero-order chi connectivity index (χ0) is 24.7. The molecule has 2 atom stereocenters. The molecule has 9 heteroatoms. The maximum Gasteiger partial charge on any atom is 0.267 e. The Labute approximate surface area is 197 Å². The summed E-state index contributed by atoms with van der Waals surface area (Å²) < 4.78 is 26.6. The Morgan fingerprint density at radius 3 is 2.09 bits per heavy atom. The fourth-order valence-corrected chi connectivity index (χ4v) is 3.57. The average molecular weight is 471 g/mol. The highest BCUT2D eigenvalue weighted by atomic mass is 19.3. The number of carbonyl (C=O) groups excluding carboxylic acids is 2. The molecular formula is C25H28F2N4O3. The van der Waals surface area contributed by atoms with E-state index in [2.05, 4.69) is 17.2 Å². The number of likely N-dealkylation sites (tertiary alicyclic amines) is 1. The van der Waals surface area contributed by atoms with Crippen LogP contribution in [0.4, 0.5) is 8.78 Å². The van der Waals surface area contributed by atoms with Crippen LogP contribution in [0.1, 0.15) is 46.8 Å². The van der Waals surface area contributed by atoms with Gasteiger partial charge in [-0.3, -0.25) is 19.7 Å². The second kappa shape index (κ2) is 11.2. The summed E-state index contributed by atoms with van der Waals surface area (Å²) in [5.74, 6) is 2.25. The monoisotopic (exact) mass is 470 g/mol.